The van der Waals surface area contributed by atoms with E-state index in [2.05, 4.69) is 15.2 Å². The van der Waals surface area contributed by atoms with Crippen LogP contribution in [0, 0.1) is 6.92 Å². The molecule has 0 saturated carbocycles. The Morgan fingerprint density at radius 2 is 2.30 bits per heavy atom. The fourth-order valence-electron chi connectivity index (χ4n) is 3.32. The van der Waals surface area contributed by atoms with Gasteiger partial charge in [-0.05, 0) is 25.1 Å². The molecule has 2 aromatic heterocycles. The highest BCUT2D eigenvalue weighted by atomic mass is 35.5. The number of carbonyl (C=O) groups is 1. The number of rotatable bonds is 7. The highest BCUT2D eigenvalue weighted by Gasteiger charge is 2.27. The van der Waals surface area contributed by atoms with Gasteiger partial charge in [-0.25, -0.2) is 4.98 Å². The molecule has 1 saturated heterocycles. The van der Waals surface area contributed by atoms with Crippen LogP contribution < -0.4 is 4.74 Å². The molecular formula is C21H23ClN4O3S. The first-order chi connectivity index (χ1) is 14.6. The minimum absolute atomic E-state index is 0.0671. The number of amides is 1. The number of hydrogen-bond acceptors (Lipinski definition) is 6. The Morgan fingerprint density at radius 3 is 3.10 bits per heavy atom. The fraction of sp³-hybridized carbons (Fsp3) is 0.381. The van der Waals surface area contributed by atoms with E-state index in [1.54, 1.807) is 17.4 Å². The molecule has 0 bridgehead atoms. The number of nitrogens with zero attached hydrogens (tertiary/aromatic N) is 3. The summed E-state index contributed by atoms with van der Waals surface area (Å²) >= 11 is 7.67. The van der Waals surface area contributed by atoms with Crippen molar-refractivity contribution in [2.45, 2.75) is 25.9 Å². The summed E-state index contributed by atoms with van der Waals surface area (Å²) in [6.07, 6.45) is 0.744. The third-order valence-corrected chi connectivity index (χ3v) is 6.00. The molecule has 4 rings (SSSR count). The van der Waals surface area contributed by atoms with E-state index in [0.717, 1.165) is 22.1 Å². The molecule has 1 fully saturated rings. The van der Waals surface area contributed by atoms with Crippen molar-refractivity contribution in [1.82, 2.24) is 20.1 Å². The molecule has 1 aromatic carbocycles. The number of morpholine rings is 1. The van der Waals surface area contributed by atoms with Crippen LogP contribution in [0.3, 0.4) is 0 Å². The molecule has 0 radical (unpaired) electrons. The monoisotopic (exact) mass is 446 g/mol. The van der Waals surface area contributed by atoms with Crippen LogP contribution >= 0.6 is 22.9 Å². The van der Waals surface area contributed by atoms with Crippen molar-refractivity contribution in [3.63, 3.8) is 0 Å². The molecule has 0 aliphatic carbocycles. The first kappa shape index (κ1) is 20.8. The van der Waals surface area contributed by atoms with Crippen LogP contribution in [0.1, 0.15) is 28.2 Å². The summed E-state index contributed by atoms with van der Waals surface area (Å²) in [5.74, 6) is 0.733. The van der Waals surface area contributed by atoms with Gasteiger partial charge in [-0.1, -0.05) is 23.7 Å². The van der Waals surface area contributed by atoms with Gasteiger partial charge in [-0.3, -0.25) is 9.89 Å². The zero-order valence-electron chi connectivity index (χ0n) is 16.6. The lowest BCUT2D eigenvalue weighted by atomic mass is 10.1. The average molecular weight is 447 g/mol. The van der Waals surface area contributed by atoms with Crippen LogP contribution in [0.25, 0.3) is 0 Å². The number of thiazole rings is 1. The summed E-state index contributed by atoms with van der Waals surface area (Å²) in [6.45, 7) is 3.99. The van der Waals surface area contributed by atoms with E-state index < -0.39 is 0 Å². The van der Waals surface area contributed by atoms with Gasteiger partial charge in [-0.2, -0.15) is 5.10 Å². The molecule has 9 heteroatoms. The molecule has 7 nitrogen and oxygen atoms in total. The van der Waals surface area contributed by atoms with E-state index in [-0.39, 0.29) is 12.0 Å². The fourth-order valence-corrected chi connectivity index (χ4v) is 4.12. The smallest absolute Gasteiger partial charge is 0.228 e. The Balaban J connectivity index is 1.30. The SMILES string of the molecule is Cc1nc(CC(=O)N2CCO[C@H](c3cc(CCOc4ccccc4Cl)[nH]n3)C2)cs1. The van der Waals surface area contributed by atoms with Crippen molar-refractivity contribution in [2.75, 3.05) is 26.3 Å². The number of nitrogens with one attached hydrogen (secondary N) is 1. The number of benzene rings is 1. The van der Waals surface area contributed by atoms with Gasteiger partial charge in [0.05, 0.1) is 47.6 Å². The number of ether oxygens (including phenoxy) is 2. The second kappa shape index (κ2) is 9.59. The van der Waals surface area contributed by atoms with Crippen molar-refractivity contribution in [3.8, 4) is 5.75 Å². The van der Waals surface area contributed by atoms with Crippen LogP contribution in [0.4, 0.5) is 0 Å². The predicted molar refractivity (Wildman–Crippen MR) is 115 cm³/mol. The Kier molecular flexibility index (Phi) is 6.66. The number of carbonyl (C=O) groups excluding carboxylic acids is 1. The highest BCUT2D eigenvalue weighted by molar-refractivity contribution is 7.09. The van der Waals surface area contributed by atoms with Crippen LogP contribution in [-0.4, -0.2) is 52.3 Å². The predicted octanol–water partition coefficient (Wildman–Crippen LogP) is 3.59. The van der Waals surface area contributed by atoms with Crippen molar-refractivity contribution in [2.24, 2.45) is 0 Å². The molecule has 3 aromatic rings. The number of H-pyrrole nitrogens is 1. The summed E-state index contributed by atoms with van der Waals surface area (Å²) in [6, 6.07) is 9.37. The molecule has 1 N–H and O–H groups in total. The highest BCUT2D eigenvalue weighted by Crippen LogP contribution is 2.24. The number of aromatic nitrogens is 3. The van der Waals surface area contributed by atoms with Gasteiger partial charge in [-0.15, -0.1) is 11.3 Å². The third kappa shape index (κ3) is 5.19. The van der Waals surface area contributed by atoms with Crippen molar-refractivity contribution in [1.29, 1.82) is 0 Å². The number of hydrogen-bond donors (Lipinski definition) is 1. The quantitative estimate of drug-likeness (QED) is 0.599. The standard InChI is InChI=1S/C21H23ClN4O3S/c1-14-23-16(13-30-14)11-21(27)26-7-9-29-20(12-26)18-10-15(24-25-18)6-8-28-19-5-3-2-4-17(19)22/h2-5,10,13,20H,6-9,11-12H2,1H3,(H,24,25)/t20-/m0/s1. The molecule has 0 unspecified atom stereocenters. The normalized spacial score (nSPS) is 16.6. The van der Waals surface area contributed by atoms with Gasteiger partial charge in [0.15, 0.2) is 0 Å². The van der Waals surface area contributed by atoms with Crippen molar-refractivity contribution < 1.29 is 14.3 Å². The molecule has 1 aliphatic heterocycles. The number of aryl methyl sites for hydroxylation is 1. The Morgan fingerprint density at radius 1 is 1.43 bits per heavy atom. The maximum atomic E-state index is 12.6. The lowest BCUT2D eigenvalue weighted by Gasteiger charge is -2.32. The number of para-hydroxylation sites is 1. The largest absolute Gasteiger partial charge is 0.492 e. The molecule has 158 valence electrons. The first-order valence-electron chi connectivity index (χ1n) is 9.80. The van der Waals surface area contributed by atoms with Gasteiger partial charge < -0.3 is 14.4 Å². The lowest BCUT2D eigenvalue weighted by molar-refractivity contribution is -0.138. The van der Waals surface area contributed by atoms with Crippen LogP contribution in [0.5, 0.6) is 5.75 Å². The lowest BCUT2D eigenvalue weighted by Crippen LogP contribution is -2.43. The van der Waals surface area contributed by atoms with E-state index in [4.69, 9.17) is 21.1 Å². The van der Waals surface area contributed by atoms with Crippen LogP contribution in [0.2, 0.25) is 5.02 Å². The molecule has 0 spiro atoms. The Labute approximate surface area is 184 Å². The van der Waals surface area contributed by atoms with E-state index in [1.807, 2.05) is 41.5 Å². The van der Waals surface area contributed by atoms with E-state index in [0.29, 0.717) is 49.9 Å². The van der Waals surface area contributed by atoms with Gasteiger partial charge in [0.25, 0.3) is 0 Å². The minimum Gasteiger partial charge on any atom is -0.492 e. The van der Waals surface area contributed by atoms with Gasteiger partial charge in [0.1, 0.15) is 11.9 Å². The minimum atomic E-state index is -0.241. The molecule has 1 amide bonds. The number of halogens is 1. The third-order valence-electron chi connectivity index (χ3n) is 4.86. The van der Waals surface area contributed by atoms with E-state index >= 15 is 0 Å². The Bertz CT molecular complexity index is 1010. The summed E-state index contributed by atoms with van der Waals surface area (Å²) in [5, 5.41) is 10.9. The van der Waals surface area contributed by atoms with Crippen molar-refractivity contribution >= 4 is 28.8 Å². The first-order valence-corrected chi connectivity index (χ1v) is 11.1. The van der Waals surface area contributed by atoms with Crippen LogP contribution in [-0.2, 0) is 22.4 Å². The maximum absolute atomic E-state index is 12.6. The number of aromatic amines is 1. The summed E-state index contributed by atoms with van der Waals surface area (Å²) in [4.78, 5) is 18.9. The Hall–Kier alpha value is -2.42. The molecular weight excluding hydrogens is 424 g/mol. The summed E-state index contributed by atoms with van der Waals surface area (Å²) in [5.41, 5.74) is 2.57. The summed E-state index contributed by atoms with van der Waals surface area (Å²) in [7, 11) is 0. The van der Waals surface area contributed by atoms with E-state index in [9.17, 15) is 4.79 Å². The topological polar surface area (TPSA) is 80.3 Å². The van der Waals surface area contributed by atoms with Gasteiger partial charge >= 0.3 is 0 Å². The average Bonchev–Trinajstić information content (AvgIpc) is 3.38. The maximum Gasteiger partial charge on any atom is 0.228 e. The van der Waals surface area contributed by atoms with Crippen molar-refractivity contribution in [3.05, 3.63) is 62.8 Å². The van der Waals surface area contributed by atoms with Gasteiger partial charge in [0, 0.05) is 24.0 Å². The summed E-state index contributed by atoms with van der Waals surface area (Å²) < 4.78 is 11.6. The zero-order chi connectivity index (χ0) is 20.9. The molecule has 3 heterocycles. The zero-order valence-corrected chi connectivity index (χ0v) is 18.2. The second-order valence-electron chi connectivity index (χ2n) is 7.08. The van der Waals surface area contributed by atoms with Crippen LogP contribution in [0.15, 0.2) is 35.7 Å². The van der Waals surface area contributed by atoms with E-state index in [1.165, 1.54) is 0 Å². The second-order valence-corrected chi connectivity index (χ2v) is 8.55. The molecule has 30 heavy (non-hydrogen) atoms. The van der Waals surface area contributed by atoms with Gasteiger partial charge in [0.2, 0.25) is 5.91 Å². The molecule has 1 aliphatic rings. The molecule has 1 atom stereocenters.